The normalized spacial score (nSPS) is 12.5. The van der Waals surface area contributed by atoms with E-state index in [1.54, 1.807) is 16.2 Å². The Morgan fingerprint density at radius 1 is 1.12 bits per heavy atom. The molecular weight excluding hydrogens is 336 g/mol. The Morgan fingerprint density at radius 3 is 2.58 bits per heavy atom. The number of thioether (sulfide) groups is 1. The van der Waals surface area contributed by atoms with Crippen LogP contribution in [-0.4, -0.2) is 15.6 Å². The van der Waals surface area contributed by atoms with E-state index in [0.29, 0.717) is 0 Å². The van der Waals surface area contributed by atoms with Crippen molar-refractivity contribution in [1.82, 2.24) is 9.38 Å². The number of imidazole rings is 1. The zero-order valence-electron chi connectivity index (χ0n) is 13.7. The number of hydrogen-bond donors (Lipinski definition) is 0. The molecule has 3 nitrogen and oxygen atoms in total. The van der Waals surface area contributed by atoms with Crippen molar-refractivity contribution in [3.8, 4) is 0 Å². The molecule has 0 bridgehead atoms. The maximum atomic E-state index is 12.8. The van der Waals surface area contributed by atoms with Gasteiger partial charge < -0.3 is 0 Å². The molecule has 0 aliphatic heterocycles. The molecule has 0 saturated carbocycles. The molecule has 0 aliphatic carbocycles. The highest BCUT2D eigenvalue weighted by molar-refractivity contribution is 7.98. The summed E-state index contributed by atoms with van der Waals surface area (Å²) >= 11 is 3.16. The van der Waals surface area contributed by atoms with Gasteiger partial charge >= 0.3 is 0 Å². The highest BCUT2D eigenvalue weighted by atomic mass is 32.2. The molecule has 0 amide bonds. The molecule has 24 heavy (non-hydrogen) atoms. The van der Waals surface area contributed by atoms with Gasteiger partial charge in [-0.3, -0.25) is 4.79 Å². The predicted octanol–water partition coefficient (Wildman–Crippen LogP) is 3.80. The fourth-order valence-corrected chi connectivity index (χ4v) is 4.20. The van der Waals surface area contributed by atoms with Gasteiger partial charge in [-0.2, -0.15) is 0 Å². The molecule has 120 valence electrons. The zero-order valence-corrected chi connectivity index (χ0v) is 15.3. The van der Waals surface area contributed by atoms with E-state index < -0.39 is 0 Å². The summed E-state index contributed by atoms with van der Waals surface area (Å²) in [6.07, 6.45) is 4.00. The van der Waals surface area contributed by atoms with Crippen LogP contribution in [0.3, 0.4) is 0 Å². The number of hydrogen-bond acceptors (Lipinski definition) is 4. The Labute approximate surface area is 147 Å². The van der Waals surface area contributed by atoms with Crippen molar-refractivity contribution >= 4 is 45.2 Å². The molecule has 2 aromatic carbocycles. The van der Waals surface area contributed by atoms with Crippen molar-refractivity contribution in [2.75, 3.05) is 6.26 Å². The summed E-state index contributed by atoms with van der Waals surface area (Å²) < 4.78 is 2.45. The number of rotatable bonds is 2. The Balaban J connectivity index is 1.94. The Bertz CT molecular complexity index is 1170. The minimum absolute atomic E-state index is 0.00898. The van der Waals surface area contributed by atoms with Crippen molar-refractivity contribution in [1.29, 1.82) is 0 Å². The first-order chi connectivity index (χ1) is 11.6. The van der Waals surface area contributed by atoms with Gasteiger partial charge in [-0.25, -0.2) is 9.38 Å². The number of benzene rings is 2. The zero-order chi connectivity index (χ0) is 16.8. The molecule has 4 aromatic rings. The van der Waals surface area contributed by atoms with Crippen LogP contribution in [0.15, 0.2) is 46.1 Å². The van der Waals surface area contributed by atoms with Crippen molar-refractivity contribution in [2.45, 2.75) is 18.7 Å². The van der Waals surface area contributed by atoms with E-state index in [2.05, 4.69) is 37.2 Å². The highest BCUT2D eigenvalue weighted by Crippen LogP contribution is 2.22. The molecule has 0 atom stereocenters. The maximum absolute atomic E-state index is 12.8. The third-order valence-corrected chi connectivity index (χ3v) is 6.06. The van der Waals surface area contributed by atoms with E-state index in [0.717, 1.165) is 31.7 Å². The fraction of sp³-hybridized carbons (Fsp3) is 0.158. The molecule has 0 aliphatic rings. The number of aryl methyl sites for hydroxylation is 2. The maximum Gasteiger partial charge on any atom is 0.274 e. The fourth-order valence-electron chi connectivity index (χ4n) is 2.82. The SMILES string of the molecule is CSc1ccc(C=c2sc3nc4c(C)c(C)ccc4n3c2=O)cc1. The molecule has 0 radical (unpaired) electrons. The van der Waals surface area contributed by atoms with Crippen LogP contribution in [0.1, 0.15) is 16.7 Å². The molecule has 0 N–H and O–H groups in total. The molecule has 0 saturated heterocycles. The van der Waals surface area contributed by atoms with Crippen LogP contribution < -0.4 is 10.1 Å². The molecule has 2 heterocycles. The quantitative estimate of drug-likeness (QED) is 0.515. The smallest absolute Gasteiger partial charge is 0.267 e. The van der Waals surface area contributed by atoms with Crippen molar-refractivity contribution in [3.05, 3.63) is 68.0 Å². The summed E-state index contributed by atoms with van der Waals surface area (Å²) in [5.41, 5.74) is 5.20. The lowest BCUT2D eigenvalue weighted by Gasteiger charge is -1.99. The lowest BCUT2D eigenvalue weighted by atomic mass is 10.1. The molecule has 4 rings (SSSR count). The van der Waals surface area contributed by atoms with E-state index >= 15 is 0 Å². The molecule has 0 spiro atoms. The van der Waals surface area contributed by atoms with Gasteiger partial charge in [-0.15, -0.1) is 11.8 Å². The number of nitrogens with zero attached hydrogens (tertiary/aromatic N) is 2. The van der Waals surface area contributed by atoms with Crippen LogP contribution in [0.5, 0.6) is 0 Å². The second-order valence-electron chi connectivity index (χ2n) is 5.79. The van der Waals surface area contributed by atoms with Gasteiger partial charge in [0, 0.05) is 4.90 Å². The third kappa shape index (κ3) is 2.36. The highest BCUT2D eigenvalue weighted by Gasteiger charge is 2.13. The third-order valence-electron chi connectivity index (χ3n) is 4.35. The molecular formula is C19H16N2OS2. The first kappa shape index (κ1) is 15.4. The Hall–Kier alpha value is -2.11. The largest absolute Gasteiger partial charge is 0.274 e. The summed E-state index contributed by atoms with van der Waals surface area (Å²) in [6, 6.07) is 12.3. The molecule has 0 fully saturated rings. The van der Waals surface area contributed by atoms with Gasteiger partial charge in [-0.05, 0) is 61.1 Å². The minimum Gasteiger partial charge on any atom is -0.267 e. The van der Waals surface area contributed by atoms with Gasteiger partial charge in [0.2, 0.25) is 0 Å². The second kappa shape index (κ2) is 5.76. The topological polar surface area (TPSA) is 34.4 Å². The van der Waals surface area contributed by atoms with Crippen LogP contribution in [-0.2, 0) is 0 Å². The van der Waals surface area contributed by atoms with E-state index in [1.807, 2.05) is 30.3 Å². The molecule has 0 unspecified atom stereocenters. The Morgan fingerprint density at radius 2 is 1.88 bits per heavy atom. The van der Waals surface area contributed by atoms with Gasteiger partial charge in [-0.1, -0.05) is 29.5 Å². The van der Waals surface area contributed by atoms with Crippen molar-refractivity contribution in [2.24, 2.45) is 0 Å². The van der Waals surface area contributed by atoms with Crippen LogP contribution in [0.2, 0.25) is 0 Å². The number of thiazole rings is 1. The van der Waals surface area contributed by atoms with E-state index in [-0.39, 0.29) is 5.56 Å². The number of fused-ring (bicyclic) bond motifs is 3. The summed E-state index contributed by atoms with van der Waals surface area (Å²) in [4.78, 5) is 19.5. The van der Waals surface area contributed by atoms with Crippen LogP contribution in [0.4, 0.5) is 0 Å². The van der Waals surface area contributed by atoms with Crippen molar-refractivity contribution < 1.29 is 0 Å². The minimum atomic E-state index is 0.00898. The molecule has 5 heteroatoms. The van der Waals surface area contributed by atoms with E-state index in [9.17, 15) is 4.79 Å². The van der Waals surface area contributed by atoms with E-state index in [4.69, 9.17) is 0 Å². The summed E-state index contributed by atoms with van der Waals surface area (Å²) in [7, 11) is 0. The summed E-state index contributed by atoms with van der Waals surface area (Å²) in [6.45, 7) is 4.12. The molecule has 2 aromatic heterocycles. The monoisotopic (exact) mass is 352 g/mol. The summed E-state index contributed by atoms with van der Waals surface area (Å²) in [5.74, 6) is 0. The lowest BCUT2D eigenvalue weighted by Crippen LogP contribution is -2.22. The van der Waals surface area contributed by atoms with Gasteiger partial charge in [0.05, 0.1) is 15.6 Å². The summed E-state index contributed by atoms with van der Waals surface area (Å²) in [5, 5.41) is 0. The van der Waals surface area contributed by atoms with Gasteiger partial charge in [0.15, 0.2) is 4.96 Å². The standard InChI is InChI=1S/C19H16N2OS2/c1-11-4-9-15-17(12(11)2)20-19-21(15)18(22)16(24-19)10-13-5-7-14(23-3)8-6-13/h4-10H,1-3H3. The van der Waals surface area contributed by atoms with Crippen LogP contribution in [0.25, 0.3) is 22.1 Å². The predicted molar refractivity (Wildman–Crippen MR) is 103 cm³/mol. The lowest BCUT2D eigenvalue weighted by molar-refractivity contribution is 1.19. The first-order valence-corrected chi connectivity index (χ1v) is 9.69. The van der Waals surface area contributed by atoms with E-state index in [1.165, 1.54) is 21.8 Å². The average Bonchev–Trinajstić information content (AvgIpc) is 3.10. The average molecular weight is 352 g/mol. The number of aromatic nitrogens is 2. The first-order valence-electron chi connectivity index (χ1n) is 7.65. The van der Waals surface area contributed by atoms with Gasteiger partial charge in [0.25, 0.3) is 5.56 Å². The Kier molecular flexibility index (Phi) is 3.70. The van der Waals surface area contributed by atoms with Gasteiger partial charge in [0.1, 0.15) is 0 Å². The van der Waals surface area contributed by atoms with Crippen LogP contribution >= 0.6 is 23.1 Å². The second-order valence-corrected chi connectivity index (χ2v) is 7.68. The van der Waals surface area contributed by atoms with Crippen LogP contribution in [0, 0.1) is 13.8 Å². The van der Waals surface area contributed by atoms with Crippen molar-refractivity contribution in [3.63, 3.8) is 0 Å².